The van der Waals surface area contributed by atoms with Crippen LogP contribution in [-0.4, -0.2) is 80.3 Å². The van der Waals surface area contributed by atoms with E-state index in [0.29, 0.717) is 55.6 Å². The number of benzene rings is 1. The fourth-order valence-corrected chi connectivity index (χ4v) is 4.28. The van der Waals surface area contributed by atoms with Crippen LogP contribution in [0.15, 0.2) is 35.0 Å². The van der Waals surface area contributed by atoms with Gasteiger partial charge in [-0.25, -0.2) is 4.98 Å². The van der Waals surface area contributed by atoms with Crippen molar-refractivity contribution < 1.29 is 27.1 Å². The molecule has 1 aliphatic rings. The van der Waals surface area contributed by atoms with Gasteiger partial charge < -0.3 is 14.1 Å². The Kier molecular flexibility index (Phi) is 8.03. The van der Waals surface area contributed by atoms with Crippen LogP contribution in [0.4, 0.5) is 13.2 Å². The number of hydrogen-bond acceptors (Lipinski definition) is 8. The Labute approximate surface area is 211 Å². The minimum atomic E-state index is -4.50. The molecule has 13 heteroatoms. The molecule has 10 nitrogen and oxygen atoms in total. The second-order valence-corrected chi connectivity index (χ2v) is 8.85. The standard InChI is InChI=1S/C24H28F3N7O3/c1-16-29-31-34(30-16)11-19-10-20(24(25,26)27)6-4-18(19)5-7-23(35)33-9-8-32(13-22(33)15-36-3)12-21-14-37-17(2)28-21/h4-7,10,14,22H,8-9,11-13,15H2,1-3H3. The summed E-state index contributed by atoms with van der Waals surface area (Å²) in [5, 5.41) is 11.7. The summed E-state index contributed by atoms with van der Waals surface area (Å²) < 4.78 is 50.6. The van der Waals surface area contributed by atoms with Crippen molar-refractivity contribution in [3.8, 4) is 0 Å². The van der Waals surface area contributed by atoms with Crippen molar-refractivity contribution in [2.45, 2.75) is 39.2 Å². The van der Waals surface area contributed by atoms with Crippen molar-refractivity contribution in [2.75, 3.05) is 33.4 Å². The zero-order valence-electron chi connectivity index (χ0n) is 20.8. The van der Waals surface area contributed by atoms with E-state index < -0.39 is 11.7 Å². The van der Waals surface area contributed by atoms with Crippen molar-refractivity contribution in [2.24, 2.45) is 0 Å². The monoisotopic (exact) mass is 519 g/mol. The summed E-state index contributed by atoms with van der Waals surface area (Å²) in [5.74, 6) is 0.751. The van der Waals surface area contributed by atoms with E-state index in [1.165, 1.54) is 23.0 Å². The van der Waals surface area contributed by atoms with Gasteiger partial charge in [-0.15, -0.1) is 10.2 Å². The van der Waals surface area contributed by atoms with Crippen molar-refractivity contribution in [1.29, 1.82) is 0 Å². The molecule has 1 atom stereocenters. The second-order valence-electron chi connectivity index (χ2n) is 8.85. The number of alkyl halides is 3. The second kappa shape index (κ2) is 11.2. The predicted octanol–water partition coefficient (Wildman–Crippen LogP) is 2.72. The summed E-state index contributed by atoms with van der Waals surface area (Å²) in [7, 11) is 1.58. The van der Waals surface area contributed by atoms with E-state index in [-0.39, 0.29) is 18.5 Å². The first-order valence-corrected chi connectivity index (χ1v) is 11.7. The average molecular weight is 520 g/mol. The predicted molar refractivity (Wildman–Crippen MR) is 126 cm³/mol. The van der Waals surface area contributed by atoms with Crippen molar-refractivity contribution in [3.05, 3.63) is 64.6 Å². The first-order valence-electron chi connectivity index (χ1n) is 11.7. The fraction of sp³-hybridized carbons (Fsp3) is 0.458. The lowest BCUT2D eigenvalue weighted by Crippen LogP contribution is -2.56. The molecule has 1 fully saturated rings. The van der Waals surface area contributed by atoms with Gasteiger partial charge in [0.25, 0.3) is 0 Å². The third-order valence-corrected chi connectivity index (χ3v) is 6.00. The number of methoxy groups -OCH3 is 1. The molecule has 3 aromatic rings. The number of oxazole rings is 1. The summed E-state index contributed by atoms with van der Waals surface area (Å²) in [6.45, 7) is 6.03. The highest BCUT2D eigenvalue weighted by Gasteiger charge is 2.32. The Bertz CT molecular complexity index is 1250. The Morgan fingerprint density at radius 1 is 1.24 bits per heavy atom. The van der Waals surface area contributed by atoms with E-state index >= 15 is 0 Å². The van der Waals surface area contributed by atoms with Crippen LogP contribution in [0.25, 0.3) is 6.08 Å². The maximum Gasteiger partial charge on any atom is 0.416 e. The van der Waals surface area contributed by atoms with E-state index in [1.54, 1.807) is 32.1 Å². The Morgan fingerprint density at radius 2 is 2.05 bits per heavy atom. The molecule has 0 N–H and O–H groups in total. The quantitative estimate of drug-likeness (QED) is 0.419. The van der Waals surface area contributed by atoms with Gasteiger partial charge in [-0.2, -0.15) is 18.0 Å². The van der Waals surface area contributed by atoms with Gasteiger partial charge in [-0.3, -0.25) is 9.69 Å². The summed E-state index contributed by atoms with van der Waals surface area (Å²) >= 11 is 0. The maximum atomic E-state index is 13.3. The number of piperazine rings is 1. The molecule has 37 heavy (non-hydrogen) atoms. The Balaban J connectivity index is 1.50. The number of carbonyl (C=O) groups excluding carboxylic acids is 1. The van der Waals surface area contributed by atoms with E-state index in [4.69, 9.17) is 9.15 Å². The molecule has 0 saturated carbocycles. The highest BCUT2D eigenvalue weighted by molar-refractivity contribution is 5.92. The third kappa shape index (κ3) is 6.80. The Morgan fingerprint density at radius 3 is 2.70 bits per heavy atom. The molecule has 0 spiro atoms. The number of tetrazole rings is 1. The number of amides is 1. The smallest absolute Gasteiger partial charge is 0.416 e. The molecule has 4 rings (SSSR count). The van der Waals surface area contributed by atoms with E-state index in [1.807, 2.05) is 0 Å². The number of aryl methyl sites for hydroxylation is 2. The van der Waals surface area contributed by atoms with Crippen molar-refractivity contribution >= 4 is 12.0 Å². The first-order chi connectivity index (χ1) is 17.6. The number of hydrogen-bond donors (Lipinski definition) is 0. The van der Waals surface area contributed by atoms with Crippen LogP contribution in [0, 0.1) is 13.8 Å². The normalized spacial score (nSPS) is 17.1. The van der Waals surface area contributed by atoms with Crippen LogP contribution in [0.1, 0.15) is 34.1 Å². The zero-order chi connectivity index (χ0) is 26.6. The molecule has 0 aliphatic carbocycles. The maximum absolute atomic E-state index is 13.3. The van der Waals surface area contributed by atoms with Gasteiger partial charge in [0.2, 0.25) is 5.91 Å². The van der Waals surface area contributed by atoms with E-state index in [2.05, 4.69) is 25.3 Å². The minimum Gasteiger partial charge on any atom is -0.449 e. The minimum absolute atomic E-state index is 0.0227. The van der Waals surface area contributed by atoms with Crippen LogP contribution in [0.3, 0.4) is 0 Å². The number of aromatic nitrogens is 5. The summed E-state index contributed by atoms with van der Waals surface area (Å²) in [6.07, 6.45) is 0.0242. The average Bonchev–Trinajstić information content (AvgIpc) is 3.44. The van der Waals surface area contributed by atoms with Crippen LogP contribution < -0.4 is 0 Å². The topological polar surface area (TPSA) is 102 Å². The van der Waals surface area contributed by atoms with Crippen LogP contribution in [0.2, 0.25) is 0 Å². The summed E-state index contributed by atoms with van der Waals surface area (Å²) in [5.41, 5.74) is 0.804. The largest absolute Gasteiger partial charge is 0.449 e. The number of ether oxygens (including phenoxy) is 1. The van der Waals surface area contributed by atoms with Gasteiger partial charge >= 0.3 is 6.18 Å². The van der Waals surface area contributed by atoms with E-state index in [9.17, 15) is 18.0 Å². The van der Waals surface area contributed by atoms with Crippen molar-refractivity contribution in [3.63, 3.8) is 0 Å². The number of carbonyl (C=O) groups is 1. The fourth-order valence-electron chi connectivity index (χ4n) is 4.28. The number of halogens is 3. The molecule has 1 unspecified atom stereocenters. The Hall–Kier alpha value is -3.58. The third-order valence-electron chi connectivity index (χ3n) is 6.00. The molecule has 1 saturated heterocycles. The van der Waals surface area contributed by atoms with Crippen LogP contribution in [0.5, 0.6) is 0 Å². The highest BCUT2D eigenvalue weighted by atomic mass is 19.4. The molecule has 1 amide bonds. The lowest BCUT2D eigenvalue weighted by Gasteiger charge is -2.40. The molecular weight excluding hydrogens is 491 g/mol. The van der Waals surface area contributed by atoms with Crippen LogP contribution in [-0.2, 0) is 28.8 Å². The lowest BCUT2D eigenvalue weighted by atomic mass is 10.0. The zero-order valence-corrected chi connectivity index (χ0v) is 20.8. The highest BCUT2D eigenvalue weighted by Crippen LogP contribution is 2.31. The molecule has 198 valence electrons. The summed E-state index contributed by atoms with van der Waals surface area (Å²) in [6, 6.07) is 3.18. The molecule has 2 aromatic heterocycles. The number of rotatable bonds is 8. The molecule has 0 bridgehead atoms. The number of nitrogens with zero attached hydrogens (tertiary/aromatic N) is 7. The van der Waals surface area contributed by atoms with Gasteiger partial charge in [0.1, 0.15) is 6.26 Å². The molecule has 1 aromatic carbocycles. The van der Waals surface area contributed by atoms with E-state index in [0.717, 1.165) is 17.8 Å². The van der Waals surface area contributed by atoms with Gasteiger partial charge in [0, 0.05) is 46.3 Å². The molecular formula is C24H28F3N7O3. The van der Waals surface area contributed by atoms with Gasteiger partial charge in [-0.1, -0.05) is 6.07 Å². The molecule has 1 aliphatic heterocycles. The van der Waals surface area contributed by atoms with Gasteiger partial charge in [-0.05, 0) is 41.5 Å². The van der Waals surface area contributed by atoms with Gasteiger partial charge in [0.15, 0.2) is 11.7 Å². The molecule has 3 heterocycles. The molecule has 0 radical (unpaired) electrons. The lowest BCUT2D eigenvalue weighted by molar-refractivity contribution is -0.137. The first kappa shape index (κ1) is 26.5. The SMILES string of the molecule is COCC1CN(Cc2coc(C)n2)CCN1C(=O)C=Cc1ccc(C(F)(F)F)cc1Cn1nnc(C)n1. The summed E-state index contributed by atoms with van der Waals surface area (Å²) in [4.78, 5) is 22.6. The van der Waals surface area contributed by atoms with Crippen LogP contribution >= 0.6 is 0 Å². The van der Waals surface area contributed by atoms with Crippen molar-refractivity contribution in [1.82, 2.24) is 35.0 Å². The van der Waals surface area contributed by atoms with Gasteiger partial charge in [0.05, 0.1) is 30.5 Å².